The Hall–Kier alpha value is -4.14. The summed E-state index contributed by atoms with van der Waals surface area (Å²) >= 11 is 0. The van der Waals surface area contributed by atoms with Crippen LogP contribution in [-0.4, -0.2) is 10.8 Å². The van der Waals surface area contributed by atoms with E-state index < -0.39 is 22.8 Å². The first-order valence-electron chi connectivity index (χ1n) is 12.4. The summed E-state index contributed by atoms with van der Waals surface area (Å²) in [6.07, 6.45) is -1.46. The molecule has 0 radical (unpaired) electrons. The number of nitrogens with one attached hydrogen (secondary N) is 2. The predicted molar refractivity (Wildman–Crippen MR) is 146 cm³/mol. The minimum absolute atomic E-state index is 0.0176. The summed E-state index contributed by atoms with van der Waals surface area (Å²) in [5.74, 6) is 0.308. The molecule has 2 N–H and O–H groups in total. The number of rotatable bonds is 6. The molecule has 6 nitrogen and oxygen atoms in total. The Morgan fingerprint density at radius 2 is 1.74 bits per heavy atom. The van der Waals surface area contributed by atoms with Gasteiger partial charge in [-0.05, 0) is 30.7 Å². The highest BCUT2D eigenvalue weighted by Gasteiger charge is 2.36. The van der Waals surface area contributed by atoms with Crippen LogP contribution in [0.4, 0.5) is 24.5 Å². The zero-order valence-electron chi connectivity index (χ0n) is 21.6. The fourth-order valence-electron chi connectivity index (χ4n) is 4.05. The number of hydrogen-bond donors (Lipinski definition) is 2. The van der Waals surface area contributed by atoms with Gasteiger partial charge in [0.25, 0.3) is 5.69 Å². The van der Waals surface area contributed by atoms with Crippen LogP contribution in [0.2, 0.25) is 0 Å². The molecule has 1 aliphatic rings. The van der Waals surface area contributed by atoms with Crippen molar-refractivity contribution in [3.8, 4) is 0 Å². The molecule has 0 bridgehead atoms. The first-order chi connectivity index (χ1) is 18.1. The fraction of sp³-hybridized carbons (Fsp3) is 0.276. The predicted octanol–water partition coefficient (Wildman–Crippen LogP) is 8.25. The van der Waals surface area contributed by atoms with Crippen LogP contribution in [0.1, 0.15) is 67.1 Å². The summed E-state index contributed by atoms with van der Waals surface area (Å²) in [6.45, 7) is 10.2. The molecule has 0 saturated heterocycles. The van der Waals surface area contributed by atoms with Crippen LogP contribution in [0.25, 0.3) is 5.70 Å². The molecule has 0 aromatic heterocycles. The van der Waals surface area contributed by atoms with Crippen molar-refractivity contribution in [3.05, 3.63) is 111 Å². The Morgan fingerprint density at radius 1 is 1.08 bits per heavy atom. The van der Waals surface area contributed by atoms with Gasteiger partial charge >= 0.3 is 6.18 Å². The molecule has 3 aromatic rings. The van der Waals surface area contributed by atoms with E-state index in [1.54, 1.807) is 37.3 Å². The first kappa shape index (κ1) is 28.4. The van der Waals surface area contributed by atoms with Crippen LogP contribution in [0.5, 0.6) is 0 Å². The van der Waals surface area contributed by atoms with Crippen molar-refractivity contribution >= 4 is 22.9 Å². The lowest BCUT2D eigenvalue weighted by Crippen LogP contribution is -2.30. The van der Waals surface area contributed by atoms with Crippen molar-refractivity contribution in [2.45, 2.75) is 52.4 Å². The Bertz CT molecular complexity index is 1330. The summed E-state index contributed by atoms with van der Waals surface area (Å²) in [6, 6.07) is 16.7. The topological polar surface area (TPSA) is 79.6 Å². The summed E-state index contributed by atoms with van der Waals surface area (Å²) < 4.78 is 40.8. The standard InChI is InChI=1S/C24H19F3N4O2.C5H12/c1-14-11-12-16(31(32)33)13-19(14)15(2)28-23-18-8-4-6-10-21(18)29-22(30-23)17-7-3-5-9-20(17)24(25,26)27;1-3-5-4-2/h3-13,22,29H,2H2,1H3,(H,28,30);3-5H2,1-2H3. The van der Waals surface area contributed by atoms with E-state index in [1.807, 2.05) is 0 Å². The zero-order valence-corrected chi connectivity index (χ0v) is 21.6. The Morgan fingerprint density at radius 3 is 2.37 bits per heavy atom. The highest BCUT2D eigenvalue weighted by Crippen LogP contribution is 2.38. The second-order valence-electron chi connectivity index (χ2n) is 8.87. The molecule has 1 heterocycles. The monoisotopic (exact) mass is 524 g/mol. The molecule has 0 saturated carbocycles. The molecule has 0 aliphatic carbocycles. The van der Waals surface area contributed by atoms with E-state index >= 15 is 0 Å². The normalized spacial score (nSPS) is 14.3. The number of unbranched alkanes of at least 4 members (excludes halogenated alkanes) is 2. The van der Waals surface area contributed by atoms with Gasteiger partial charge in [0.2, 0.25) is 0 Å². The van der Waals surface area contributed by atoms with Crippen LogP contribution in [0.15, 0.2) is 78.3 Å². The van der Waals surface area contributed by atoms with E-state index in [1.165, 1.54) is 49.6 Å². The maximum absolute atomic E-state index is 13.6. The van der Waals surface area contributed by atoms with Crippen LogP contribution >= 0.6 is 0 Å². The molecule has 1 aliphatic heterocycles. The summed E-state index contributed by atoms with van der Waals surface area (Å²) in [5.41, 5.74) is 1.95. The smallest absolute Gasteiger partial charge is 0.359 e. The number of aliphatic imine (C=N–C) groups is 1. The molecule has 9 heteroatoms. The van der Waals surface area contributed by atoms with Gasteiger partial charge in [0, 0.05) is 40.2 Å². The number of fused-ring (bicyclic) bond motifs is 1. The van der Waals surface area contributed by atoms with Crippen molar-refractivity contribution < 1.29 is 18.1 Å². The number of para-hydroxylation sites is 1. The first-order valence-corrected chi connectivity index (χ1v) is 12.4. The highest BCUT2D eigenvalue weighted by atomic mass is 19.4. The van der Waals surface area contributed by atoms with Crippen molar-refractivity contribution in [2.75, 3.05) is 5.32 Å². The molecular formula is C29H31F3N4O2. The molecule has 200 valence electrons. The Kier molecular flexibility index (Phi) is 9.28. The van der Waals surface area contributed by atoms with Crippen LogP contribution in [0.3, 0.4) is 0 Å². The quantitative estimate of drug-likeness (QED) is 0.251. The number of nitro benzene ring substituents is 1. The minimum Gasteiger partial charge on any atom is -0.359 e. The fourth-order valence-corrected chi connectivity index (χ4v) is 4.05. The van der Waals surface area contributed by atoms with E-state index in [2.05, 4.69) is 36.1 Å². The number of anilines is 1. The number of non-ortho nitro benzene ring substituents is 1. The highest BCUT2D eigenvalue weighted by molar-refractivity contribution is 6.08. The number of halogens is 3. The minimum atomic E-state index is -4.54. The Labute approximate surface area is 220 Å². The van der Waals surface area contributed by atoms with Gasteiger partial charge in [0.1, 0.15) is 12.0 Å². The van der Waals surface area contributed by atoms with E-state index in [4.69, 9.17) is 0 Å². The lowest BCUT2D eigenvalue weighted by molar-refractivity contribution is -0.384. The van der Waals surface area contributed by atoms with Gasteiger partial charge in [-0.3, -0.25) is 10.1 Å². The number of nitrogens with zero attached hydrogens (tertiary/aromatic N) is 2. The van der Waals surface area contributed by atoms with Crippen molar-refractivity contribution in [2.24, 2.45) is 4.99 Å². The van der Waals surface area contributed by atoms with Crippen LogP contribution < -0.4 is 10.6 Å². The average Bonchev–Trinajstić information content (AvgIpc) is 2.89. The molecule has 38 heavy (non-hydrogen) atoms. The lowest BCUT2D eigenvalue weighted by atomic mass is 10.0. The van der Waals surface area contributed by atoms with Crippen LogP contribution in [0, 0.1) is 17.0 Å². The SMILES string of the molecule is C=C(NC1=NC(c2ccccc2C(F)(F)F)Nc2ccccc21)c1cc([N+](=O)[O-])ccc1C.CCCCC. The van der Waals surface area contributed by atoms with E-state index in [-0.39, 0.29) is 11.3 Å². The number of benzene rings is 3. The van der Waals surface area contributed by atoms with Crippen molar-refractivity contribution in [1.29, 1.82) is 0 Å². The second-order valence-corrected chi connectivity index (χ2v) is 8.87. The number of hydrogen-bond acceptors (Lipinski definition) is 5. The third-order valence-electron chi connectivity index (χ3n) is 6.03. The van der Waals surface area contributed by atoms with E-state index in [0.717, 1.165) is 11.6 Å². The third-order valence-corrected chi connectivity index (χ3v) is 6.03. The number of nitro groups is 1. The van der Waals surface area contributed by atoms with Crippen molar-refractivity contribution in [1.82, 2.24) is 5.32 Å². The molecular weight excluding hydrogens is 493 g/mol. The van der Waals surface area contributed by atoms with E-state index in [0.29, 0.717) is 28.3 Å². The number of aryl methyl sites for hydroxylation is 1. The van der Waals surface area contributed by atoms with Crippen molar-refractivity contribution in [3.63, 3.8) is 0 Å². The van der Waals surface area contributed by atoms with Gasteiger partial charge in [0.05, 0.1) is 10.5 Å². The van der Waals surface area contributed by atoms with Gasteiger partial charge in [0.15, 0.2) is 0 Å². The number of alkyl halides is 3. The molecule has 1 atom stereocenters. The van der Waals surface area contributed by atoms with Gasteiger partial charge in [-0.25, -0.2) is 4.99 Å². The summed E-state index contributed by atoms with van der Waals surface area (Å²) in [5, 5.41) is 17.3. The molecule has 3 aromatic carbocycles. The van der Waals surface area contributed by atoms with Gasteiger partial charge in [-0.15, -0.1) is 0 Å². The van der Waals surface area contributed by atoms with Crippen LogP contribution in [-0.2, 0) is 6.18 Å². The maximum Gasteiger partial charge on any atom is 0.416 e. The van der Waals surface area contributed by atoms with Gasteiger partial charge in [-0.1, -0.05) is 76.1 Å². The number of amidine groups is 1. The van der Waals surface area contributed by atoms with Gasteiger partial charge in [-0.2, -0.15) is 13.2 Å². The van der Waals surface area contributed by atoms with Gasteiger partial charge < -0.3 is 10.6 Å². The zero-order chi connectivity index (χ0) is 27.9. The molecule has 1 unspecified atom stereocenters. The molecule has 4 rings (SSSR count). The molecule has 0 fully saturated rings. The maximum atomic E-state index is 13.6. The molecule has 0 spiro atoms. The largest absolute Gasteiger partial charge is 0.416 e. The summed E-state index contributed by atoms with van der Waals surface area (Å²) in [7, 11) is 0. The average molecular weight is 525 g/mol. The third kappa shape index (κ3) is 6.79. The summed E-state index contributed by atoms with van der Waals surface area (Å²) in [4.78, 5) is 15.2. The molecule has 0 amide bonds. The lowest BCUT2D eigenvalue weighted by Gasteiger charge is -2.28. The van der Waals surface area contributed by atoms with E-state index in [9.17, 15) is 23.3 Å². The Balaban J connectivity index is 0.000000732. The second kappa shape index (κ2) is 12.4.